The largest absolute Gasteiger partial charge is 0.312 e. The van der Waals surface area contributed by atoms with Crippen LogP contribution in [-0.4, -0.2) is 12.3 Å². The number of Topliss-reactive ketones (excluding diaryl/α,β-unsaturated/α-hetero) is 1. The van der Waals surface area contributed by atoms with Crippen LogP contribution in [0.1, 0.15) is 22.6 Å². The Kier molecular flexibility index (Phi) is 3.99. The van der Waals surface area contributed by atoms with E-state index in [2.05, 4.69) is 33.4 Å². The number of nitrogens with one attached hydrogen (secondary N) is 1. The van der Waals surface area contributed by atoms with Gasteiger partial charge in [-0.15, -0.1) is 0 Å². The second-order valence-electron chi connectivity index (χ2n) is 5.16. The van der Waals surface area contributed by atoms with Crippen LogP contribution < -0.4 is 5.32 Å². The van der Waals surface area contributed by atoms with Crippen molar-refractivity contribution in [1.82, 2.24) is 5.32 Å². The molecule has 0 fully saturated rings. The van der Waals surface area contributed by atoms with Crippen LogP contribution >= 0.6 is 15.9 Å². The minimum atomic E-state index is -0.0288. The lowest BCUT2D eigenvalue weighted by Gasteiger charge is -2.25. The van der Waals surface area contributed by atoms with Crippen LogP contribution in [-0.2, 0) is 17.8 Å². The van der Waals surface area contributed by atoms with E-state index in [-0.39, 0.29) is 11.7 Å². The van der Waals surface area contributed by atoms with Crippen LogP contribution in [0.4, 0.5) is 0 Å². The van der Waals surface area contributed by atoms with Gasteiger partial charge in [0.1, 0.15) is 5.78 Å². The van der Waals surface area contributed by atoms with Crippen LogP contribution in [0.15, 0.2) is 53.0 Å². The standard InChI is InChI=1S/C17H16BrNO/c18-14-6-3-4-12(8-14)9-17(20)16-11-19-10-13-5-1-2-7-15(13)16/h1-8,16,19H,9-11H2. The summed E-state index contributed by atoms with van der Waals surface area (Å²) >= 11 is 3.45. The van der Waals surface area contributed by atoms with Gasteiger partial charge in [0.15, 0.2) is 0 Å². The second kappa shape index (κ2) is 5.90. The van der Waals surface area contributed by atoms with Crippen LogP contribution in [0, 0.1) is 0 Å². The molecule has 0 bridgehead atoms. The van der Waals surface area contributed by atoms with Crippen molar-refractivity contribution in [2.24, 2.45) is 0 Å². The number of halogens is 1. The molecule has 0 radical (unpaired) electrons. The second-order valence-corrected chi connectivity index (χ2v) is 6.07. The molecule has 0 aromatic heterocycles. The van der Waals surface area contributed by atoms with Gasteiger partial charge in [-0.2, -0.15) is 0 Å². The van der Waals surface area contributed by atoms with Crippen molar-refractivity contribution in [2.45, 2.75) is 18.9 Å². The van der Waals surface area contributed by atoms with Gasteiger partial charge in [-0.1, -0.05) is 52.3 Å². The van der Waals surface area contributed by atoms with Crippen molar-refractivity contribution < 1.29 is 4.79 Å². The highest BCUT2D eigenvalue weighted by atomic mass is 79.9. The van der Waals surface area contributed by atoms with E-state index in [4.69, 9.17) is 0 Å². The molecule has 3 heteroatoms. The summed E-state index contributed by atoms with van der Waals surface area (Å²) < 4.78 is 1.02. The first-order chi connectivity index (χ1) is 9.74. The van der Waals surface area contributed by atoms with Gasteiger partial charge in [0.2, 0.25) is 0 Å². The van der Waals surface area contributed by atoms with Gasteiger partial charge in [0.05, 0.1) is 5.92 Å². The lowest BCUT2D eigenvalue weighted by molar-refractivity contribution is -0.119. The lowest BCUT2D eigenvalue weighted by atomic mass is 9.85. The van der Waals surface area contributed by atoms with E-state index >= 15 is 0 Å². The Balaban J connectivity index is 1.82. The van der Waals surface area contributed by atoms with E-state index in [1.807, 2.05) is 36.4 Å². The molecule has 2 aromatic rings. The maximum atomic E-state index is 12.6. The number of fused-ring (bicyclic) bond motifs is 1. The fourth-order valence-electron chi connectivity index (χ4n) is 2.75. The summed E-state index contributed by atoms with van der Waals surface area (Å²) in [7, 11) is 0. The zero-order valence-corrected chi connectivity index (χ0v) is 12.7. The van der Waals surface area contributed by atoms with E-state index in [9.17, 15) is 4.79 Å². The number of benzene rings is 2. The molecule has 102 valence electrons. The van der Waals surface area contributed by atoms with Crippen molar-refractivity contribution in [2.75, 3.05) is 6.54 Å². The molecule has 1 N–H and O–H groups in total. The van der Waals surface area contributed by atoms with Crippen LogP contribution in [0.2, 0.25) is 0 Å². The monoisotopic (exact) mass is 329 g/mol. The summed E-state index contributed by atoms with van der Waals surface area (Å²) in [5.41, 5.74) is 3.49. The van der Waals surface area contributed by atoms with E-state index in [1.165, 1.54) is 11.1 Å². The zero-order chi connectivity index (χ0) is 13.9. The van der Waals surface area contributed by atoms with Gasteiger partial charge in [-0.25, -0.2) is 0 Å². The van der Waals surface area contributed by atoms with E-state index < -0.39 is 0 Å². The van der Waals surface area contributed by atoms with Crippen molar-refractivity contribution in [3.05, 3.63) is 69.7 Å². The first-order valence-electron chi connectivity index (χ1n) is 6.80. The zero-order valence-electron chi connectivity index (χ0n) is 11.1. The average Bonchev–Trinajstić information content (AvgIpc) is 2.46. The van der Waals surface area contributed by atoms with Gasteiger partial charge in [-0.3, -0.25) is 4.79 Å². The molecule has 1 unspecified atom stereocenters. The molecule has 0 aliphatic carbocycles. The Morgan fingerprint density at radius 1 is 1.20 bits per heavy atom. The first kappa shape index (κ1) is 13.5. The molecular weight excluding hydrogens is 314 g/mol. The maximum Gasteiger partial charge on any atom is 0.145 e. The number of carbonyl (C=O) groups is 1. The quantitative estimate of drug-likeness (QED) is 0.934. The topological polar surface area (TPSA) is 29.1 Å². The van der Waals surface area contributed by atoms with Gasteiger partial charge in [0, 0.05) is 24.0 Å². The molecule has 1 aliphatic heterocycles. The number of hydrogen-bond donors (Lipinski definition) is 1. The maximum absolute atomic E-state index is 12.6. The predicted molar refractivity (Wildman–Crippen MR) is 83.7 cm³/mol. The third-order valence-electron chi connectivity index (χ3n) is 3.75. The normalized spacial score (nSPS) is 17.6. The molecule has 0 spiro atoms. The molecule has 3 rings (SSSR count). The lowest BCUT2D eigenvalue weighted by Crippen LogP contribution is -2.33. The molecule has 2 aromatic carbocycles. The first-order valence-corrected chi connectivity index (χ1v) is 7.59. The summed E-state index contributed by atoms with van der Waals surface area (Å²) in [6.45, 7) is 1.60. The minimum absolute atomic E-state index is 0.0288. The molecule has 20 heavy (non-hydrogen) atoms. The van der Waals surface area contributed by atoms with Gasteiger partial charge < -0.3 is 5.32 Å². The molecule has 1 aliphatic rings. The smallest absolute Gasteiger partial charge is 0.145 e. The number of hydrogen-bond acceptors (Lipinski definition) is 2. The Morgan fingerprint density at radius 2 is 2.05 bits per heavy atom. The van der Waals surface area contributed by atoms with Crippen LogP contribution in [0.3, 0.4) is 0 Å². The van der Waals surface area contributed by atoms with Gasteiger partial charge in [-0.05, 0) is 28.8 Å². The highest BCUT2D eigenvalue weighted by Crippen LogP contribution is 2.26. The molecule has 0 amide bonds. The number of rotatable bonds is 3. The summed E-state index contributed by atoms with van der Waals surface area (Å²) in [5.74, 6) is 0.252. The highest BCUT2D eigenvalue weighted by molar-refractivity contribution is 9.10. The summed E-state index contributed by atoms with van der Waals surface area (Å²) in [6, 6.07) is 16.2. The minimum Gasteiger partial charge on any atom is -0.312 e. The van der Waals surface area contributed by atoms with Gasteiger partial charge in [0.25, 0.3) is 0 Å². The fourth-order valence-corrected chi connectivity index (χ4v) is 3.20. The molecule has 2 nitrogen and oxygen atoms in total. The highest BCUT2D eigenvalue weighted by Gasteiger charge is 2.25. The van der Waals surface area contributed by atoms with Crippen molar-refractivity contribution in [3.63, 3.8) is 0 Å². The summed E-state index contributed by atoms with van der Waals surface area (Å²) in [5, 5.41) is 3.34. The van der Waals surface area contributed by atoms with Crippen molar-refractivity contribution in [1.29, 1.82) is 0 Å². The van der Waals surface area contributed by atoms with Crippen molar-refractivity contribution in [3.8, 4) is 0 Å². The molecule has 0 saturated carbocycles. The molecule has 1 heterocycles. The van der Waals surface area contributed by atoms with E-state index in [0.29, 0.717) is 6.42 Å². The number of ketones is 1. The third-order valence-corrected chi connectivity index (χ3v) is 4.24. The Morgan fingerprint density at radius 3 is 2.90 bits per heavy atom. The van der Waals surface area contributed by atoms with Gasteiger partial charge >= 0.3 is 0 Å². The van der Waals surface area contributed by atoms with Crippen LogP contribution in [0.25, 0.3) is 0 Å². The summed E-state index contributed by atoms with van der Waals surface area (Å²) in [6.07, 6.45) is 0.486. The van der Waals surface area contributed by atoms with Crippen molar-refractivity contribution >= 4 is 21.7 Å². The third kappa shape index (κ3) is 2.84. The predicted octanol–water partition coefficient (Wildman–Crippen LogP) is 3.45. The summed E-state index contributed by atoms with van der Waals surface area (Å²) in [4.78, 5) is 12.6. The Bertz CT molecular complexity index is 638. The molecule has 0 saturated heterocycles. The number of carbonyl (C=O) groups excluding carboxylic acids is 1. The Hall–Kier alpha value is -1.45. The van der Waals surface area contributed by atoms with E-state index in [0.717, 1.165) is 23.1 Å². The van der Waals surface area contributed by atoms with E-state index in [1.54, 1.807) is 0 Å². The molecular formula is C17H16BrNO. The van der Waals surface area contributed by atoms with Crippen LogP contribution in [0.5, 0.6) is 0 Å². The SMILES string of the molecule is O=C(Cc1cccc(Br)c1)C1CNCc2ccccc21. The Labute approximate surface area is 127 Å². The molecule has 1 atom stereocenters. The fraction of sp³-hybridized carbons (Fsp3) is 0.235. The average molecular weight is 330 g/mol.